The first-order chi connectivity index (χ1) is 13.6. The summed E-state index contributed by atoms with van der Waals surface area (Å²) < 4.78 is 18.4. The molecule has 1 saturated carbocycles. The van der Waals surface area contributed by atoms with Crippen molar-refractivity contribution in [3.63, 3.8) is 0 Å². The number of likely N-dealkylation sites (tertiary alicyclic amines) is 1. The molecule has 1 saturated heterocycles. The summed E-state index contributed by atoms with van der Waals surface area (Å²) in [7, 11) is 0. The number of aliphatic imine (C=N–C) groups is 1. The number of rotatable bonds is 8. The first-order valence-corrected chi connectivity index (χ1v) is 10.5. The fourth-order valence-corrected chi connectivity index (χ4v) is 3.99. The van der Waals surface area contributed by atoms with E-state index in [0.29, 0.717) is 11.8 Å². The summed E-state index contributed by atoms with van der Waals surface area (Å²) >= 11 is 0. The van der Waals surface area contributed by atoms with E-state index < -0.39 is 6.10 Å². The number of guanidine groups is 1. The monoisotopic (exact) mass is 392 g/mol. The van der Waals surface area contributed by atoms with Crippen molar-refractivity contribution in [2.75, 3.05) is 32.8 Å². The molecule has 0 amide bonds. The molecule has 2 atom stereocenters. The number of hydrogen-bond donors (Lipinski definition) is 3. The highest BCUT2D eigenvalue weighted by atomic mass is 19.1. The molecule has 0 bridgehead atoms. The first-order valence-electron chi connectivity index (χ1n) is 10.5. The van der Waals surface area contributed by atoms with Crippen molar-refractivity contribution in [3.05, 3.63) is 30.1 Å². The van der Waals surface area contributed by atoms with Crippen molar-refractivity contribution in [3.8, 4) is 5.75 Å². The van der Waals surface area contributed by atoms with Gasteiger partial charge in [-0.2, -0.15) is 0 Å². The van der Waals surface area contributed by atoms with Crippen molar-refractivity contribution in [2.24, 2.45) is 4.99 Å². The lowest BCUT2D eigenvalue weighted by atomic mass is 10.2. The summed E-state index contributed by atoms with van der Waals surface area (Å²) in [4.78, 5) is 7.12. The first kappa shape index (κ1) is 20.9. The molecule has 28 heavy (non-hydrogen) atoms. The predicted octanol–water partition coefficient (Wildman–Crippen LogP) is 2.14. The van der Waals surface area contributed by atoms with E-state index in [4.69, 9.17) is 4.74 Å². The molecule has 0 radical (unpaired) electrons. The quantitative estimate of drug-likeness (QED) is 0.467. The van der Waals surface area contributed by atoms with Gasteiger partial charge in [0.1, 0.15) is 24.3 Å². The smallest absolute Gasteiger partial charge is 0.191 e. The number of nitrogens with zero attached hydrogens (tertiary/aromatic N) is 2. The van der Waals surface area contributed by atoms with E-state index in [9.17, 15) is 9.50 Å². The van der Waals surface area contributed by atoms with Crippen LogP contribution in [0.15, 0.2) is 29.3 Å². The third kappa shape index (κ3) is 6.34. The second-order valence-corrected chi connectivity index (χ2v) is 7.70. The van der Waals surface area contributed by atoms with E-state index >= 15 is 0 Å². The van der Waals surface area contributed by atoms with Gasteiger partial charge in [-0.05, 0) is 50.5 Å². The van der Waals surface area contributed by atoms with Gasteiger partial charge in [0.25, 0.3) is 0 Å². The summed E-state index contributed by atoms with van der Waals surface area (Å²) in [5, 5.41) is 16.9. The summed E-state index contributed by atoms with van der Waals surface area (Å²) in [5.41, 5.74) is 0. The molecule has 1 aromatic rings. The van der Waals surface area contributed by atoms with Crippen LogP contribution in [0.3, 0.4) is 0 Å². The number of ether oxygens (including phenoxy) is 1. The number of aliphatic hydroxyl groups excluding tert-OH is 1. The van der Waals surface area contributed by atoms with Gasteiger partial charge in [-0.1, -0.05) is 12.8 Å². The molecule has 1 heterocycles. The Hall–Kier alpha value is -1.86. The van der Waals surface area contributed by atoms with Gasteiger partial charge in [-0.25, -0.2) is 4.39 Å². The van der Waals surface area contributed by atoms with E-state index in [1.807, 2.05) is 6.92 Å². The van der Waals surface area contributed by atoms with Crippen LogP contribution in [0.1, 0.15) is 39.0 Å². The van der Waals surface area contributed by atoms with Crippen LogP contribution in [0.4, 0.5) is 4.39 Å². The van der Waals surface area contributed by atoms with Crippen molar-refractivity contribution in [1.29, 1.82) is 0 Å². The van der Waals surface area contributed by atoms with Crippen molar-refractivity contribution in [2.45, 2.75) is 57.2 Å². The number of halogens is 1. The highest BCUT2D eigenvalue weighted by Crippen LogP contribution is 2.26. The minimum Gasteiger partial charge on any atom is -0.491 e. The molecule has 2 aliphatic rings. The molecule has 2 unspecified atom stereocenters. The van der Waals surface area contributed by atoms with Crippen LogP contribution in [-0.2, 0) is 0 Å². The maximum absolute atomic E-state index is 12.9. The van der Waals surface area contributed by atoms with E-state index in [1.165, 1.54) is 37.8 Å². The Kier molecular flexibility index (Phi) is 7.91. The van der Waals surface area contributed by atoms with Crippen LogP contribution >= 0.6 is 0 Å². The van der Waals surface area contributed by atoms with Crippen molar-refractivity contribution < 1.29 is 14.2 Å². The molecule has 1 aliphatic carbocycles. The predicted molar refractivity (Wildman–Crippen MR) is 109 cm³/mol. The average Bonchev–Trinajstić information content (AvgIpc) is 3.37. The van der Waals surface area contributed by atoms with Gasteiger partial charge in [0.2, 0.25) is 0 Å². The standard InChI is InChI=1S/C21H33FN4O2/c1-2-23-21(25-17-11-12-26(14-17)18-5-3-4-6-18)24-13-19(27)15-28-20-9-7-16(22)8-10-20/h7-10,17-19,27H,2-6,11-15H2,1H3,(H2,23,24,25). The van der Waals surface area contributed by atoms with Crippen LogP contribution in [-0.4, -0.2) is 66.9 Å². The van der Waals surface area contributed by atoms with Crippen molar-refractivity contribution in [1.82, 2.24) is 15.5 Å². The van der Waals surface area contributed by atoms with Crippen LogP contribution < -0.4 is 15.4 Å². The molecule has 0 aromatic heterocycles. The van der Waals surface area contributed by atoms with Crippen LogP contribution in [0.5, 0.6) is 5.75 Å². The van der Waals surface area contributed by atoms with Gasteiger partial charge >= 0.3 is 0 Å². The number of nitrogens with one attached hydrogen (secondary N) is 2. The van der Waals surface area contributed by atoms with Gasteiger partial charge < -0.3 is 20.5 Å². The van der Waals surface area contributed by atoms with E-state index in [0.717, 1.165) is 38.1 Å². The largest absolute Gasteiger partial charge is 0.491 e. The van der Waals surface area contributed by atoms with Gasteiger partial charge in [-0.15, -0.1) is 0 Å². The Morgan fingerprint density at radius 3 is 2.75 bits per heavy atom. The molecule has 3 N–H and O–H groups in total. The van der Waals surface area contributed by atoms with Crippen molar-refractivity contribution >= 4 is 5.96 Å². The molecule has 7 heteroatoms. The maximum atomic E-state index is 12.9. The third-order valence-corrected chi connectivity index (χ3v) is 5.46. The fourth-order valence-electron chi connectivity index (χ4n) is 3.99. The van der Waals surface area contributed by atoms with E-state index in [-0.39, 0.29) is 19.0 Å². The average molecular weight is 393 g/mol. The third-order valence-electron chi connectivity index (χ3n) is 5.46. The summed E-state index contributed by atoms with van der Waals surface area (Å²) in [6, 6.07) is 6.93. The van der Waals surface area contributed by atoms with E-state index in [2.05, 4.69) is 20.5 Å². The SMILES string of the molecule is CCNC(=NCC(O)COc1ccc(F)cc1)NC1CCN(C2CCCC2)C1. The summed E-state index contributed by atoms with van der Waals surface area (Å²) in [6.45, 7) is 5.38. The Morgan fingerprint density at radius 2 is 2.04 bits per heavy atom. The van der Waals surface area contributed by atoms with Gasteiger partial charge in [0.05, 0.1) is 6.54 Å². The second kappa shape index (κ2) is 10.6. The highest BCUT2D eigenvalue weighted by molar-refractivity contribution is 5.80. The molecule has 3 rings (SSSR count). The summed E-state index contributed by atoms with van der Waals surface area (Å²) in [6.07, 6.45) is 5.79. The Balaban J connectivity index is 1.43. The molecule has 6 nitrogen and oxygen atoms in total. The highest BCUT2D eigenvalue weighted by Gasteiger charge is 2.30. The topological polar surface area (TPSA) is 69.1 Å². The molecule has 1 aromatic carbocycles. The molecule has 156 valence electrons. The minimum atomic E-state index is -0.723. The zero-order valence-electron chi connectivity index (χ0n) is 16.7. The zero-order chi connectivity index (χ0) is 19.8. The lowest BCUT2D eigenvalue weighted by molar-refractivity contribution is 0.114. The second-order valence-electron chi connectivity index (χ2n) is 7.70. The Bertz CT molecular complexity index is 619. The molecule has 0 spiro atoms. The zero-order valence-corrected chi connectivity index (χ0v) is 16.7. The van der Waals surface area contributed by atoms with Gasteiger partial charge in [-0.3, -0.25) is 9.89 Å². The van der Waals surface area contributed by atoms with Crippen LogP contribution in [0.2, 0.25) is 0 Å². The molecular weight excluding hydrogens is 359 g/mol. The molecular formula is C21H33FN4O2. The van der Waals surface area contributed by atoms with E-state index in [1.54, 1.807) is 12.1 Å². The molecule has 2 fully saturated rings. The van der Waals surface area contributed by atoms with Gasteiger partial charge in [0.15, 0.2) is 5.96 Å². The number of aliphatic hydroxyl groups is 1. The Morgan fingerprint density at radius 1 is 1.29 bits per heavy atom. The van der Waals surface area contributed by atoms with Crippen LogP contribution in [0.25, 0.3) is 0 Å². The van der Waals surface area contributed by atoms with Gasteiger partial charge in [0, 0.05) is 31.7 Å². The lowest BCUT2D eigenvalue weighted by Gasteiger charge is -2.24. The minimum absolute atomic E-state index is 0.118. The maximum Gasteiger partial charge on any atom is 0.191 e. The number of benzene rings is 1. The van der Waals surface area contributed by atoms with Crippen LogP contribution in [0, 0.1) is 5.82 Å². The summed E-state index contributed by atoms with van der Waals surface area (Å²) in [5.74, 6) is 0.964. The fraction of sp³-hybridized carbons (Fsp3) is 0.667. The molecule has 1 aliphatic heterocycles. The number of hydrogen-bond acceptors (Lipinski definition) is 4. The Labute approximate surface area is 167 Å². The lowest BCUT2D eigenvalue weighted by Crippen LogP contribution is -2.45. The normalized spacial score (nSPS) is 22.4.